The standard InChI is InChI=1S/C17H12N4S/c1-2-6-14-12(5-1)9-13(10-19-14)20-17-21-16(11-22-17)15-7-3-4-8-18-15/h1-11H,(H,20,21). The summed E-state index contributed by atoms with van der Waals surface area (Å²) in [5.41, 5.74) is 3.67. The molecule has 0 atom stereocenters. The number of rotatable bonds is 3. The van der Waals surface area contributed by atoms with Crippen molar-refractivity contribution in [3.8, 4) is 11.4 Å². The van der Waals surface area contributed by atoms with Crippen molar-refractivity contribution in [2.45, 2.75) is 0 Å². The van der Waals surface area contributed by atoms with Crippen molar-refractivity contribution in [1.29, 1.82) is 0 Å². The molecule has 1 aromatic carbocycles. The first-order chi connectivity index (χ1) is 10.9. The zero-order chi connectivity index (χ0) is 14.8. The molecule has 4 aromatic rings. The zero-order valence-corrected chi connectivity index (χ0v) is 12.4. The second-order valence-electron chi connectivity index (χ2n) is 4.79. The predicted octanol–water partition coefficient (Wildman–Crippen LogP) is 4.50. The topological polar surface area (TPSA) is 50.7 Å². The number of nitrogens with one attached hydrogen (secondary N) is 1. The van der Waals surface area contributed by atoms with Gasteiger partial charge in [0, 0.05) is 17.0 Å². The molecular weight excluding hydrogens is 292 g/mol. The van der Waals surface area contributed by atoms with E-state index >= 15 is 0 Å². The molecule has 0 spiro atoms. The first kappa shape index (κ1) is 12.9. The lowest BCUT2D eigenvalue weighted by atomic mass is 10.2. The van der Waals surface area contributed by atoms with Crippen LogP contribution < -0.4 is 5.32 Å². The van der Waals surface area contributed by atoms with E-state index < -0.39 is 0 Å². The van der Waals surface area contributed by atoms with Crippen molar-refractivity contribution in [2.24, 2.45) is 0 Å². The van der Waals surface area contributed by atoms with Crippen LogP contribution in [0.5, 0.6) is 0 Å². The molecule has 0 fully saturated rings. The van der Waals surface area contributed by atoms with Crippen LogP contribution >= 0.6 is 11.3 Å². The number of fused-ring (bicyclic) bond motifs is 1. The van der Waals surface area contributed by atoms with Crippen LogP contribution in [0.1, 0.15) is 0 Å². The van der Waals surface area contributed by atoms with Gasteiger partial charge in [0.15, 0.2) is 5.13 Å². The Morgan fingerprint density at radius 3 is 2.73 bits per heavy atom. The van der Waals surface area contributed by atoms with Crippen LogP contribution in [0.3, 0.4) is 0 Å². The fourth-order valence-electron chi connectivity index (χ4n) is 2.23. The molecule has 0 aliphatic heterocycles. The average molecular weight is 304 g/mol. The van der Waals surface area contributed by atoms with Gasteiger partial charge in [-0.3, -0.25) is 9.97 Å². The fourth-order valence-corrected chi connectivity index (χ4v) is 2.95. The van der Waals surface area contributed by atoms with Gasteiger partial charge in [-0.2, -0.15) is 0 Å². The highest BCUT2D eigenvalue weighted by atomic mass is 32.1. The third-order valence-electron chi connectivity index (χ3n) is 3.27. The number of pyridine rings is 2. The maximum atomic E-state index is 4.57. The van der Waals surface area contributed by atoms with Crippen LogP contribution in [0.25, 0.3) is 22.3 Å². The summed E-state index contributed by atoms with van der Waals surface area (Å²) in [5, 5.41) is 7.24. The third kappa shape index (κ3) is 2.54. The van der Waals surface area contributed by atoms with Gasteiger partial charge in [0.25, 0.3) is 0 Å². The molecule has 4 rings (SSSR count). The molecular formula is C17H12N4S. The lowest BCUT2D eigenvalue weighted by molar-refractivity contribution is 1.28. The maximum Gasteiger partial charge on any atom is 0.187 e. The molecule has 4 nitrogen and oxygen atoms in total. The van der Waals surface area contributed by atoms with Gasteiger partial charge in [-0.1, -0.05) is 24.3 Å². The van der Waals surface area contributed by atoms with Crippen molar-refractivity contribution in [3.05, 3.63) is 66.3 Å². The van der Waals surface area contributed by atoms with E-state index in [1.54, 1.807) is 17.5 Å². The van der Waals surface area contributed by atoms with Crippen LogP contribution in [0.2, 0.25) is 0 Å². The smallest absolute Gasteiger partial charge is 0.187 e. The minimum absolute atomic E-state index is 0.831. The van der Waals surface area contributed by atoms with E-state index in [0.29, 0.717) is 0 Å². The summed E-state index contributed by atoms with van der Waals surface area (Å²) in [6.07, 6.45) is 3.60. The molecule has 3 heterocycles. The zero-order valence-electron chi connectivity index (χ0n) is 11.6. The average Bonchev–Trinajstić information content (AvgIpc) is 3.04. The summed E-state index contributed by atoms with van der Waals surface area (Å²) >= 11 is 1.55. The fraction of sp³-hybridized carbons (Fsp3) is 0. The number of hydrogen-bond acceptors (Lipinski definition) is 5. The summed E-state index contributed by atoms with van der Waals surface area (Å²) in [5.74, 6) is 0. The van der Waals surface area contributed by atoms with Crippen molar-refractivity contribution < 1.29 is 0 Å². The lowest BCUT2D eigenvalue weighted by Gasteiger charge is -2.03. The maximum absolute atomic E-state index is 4.57. The van der Waals surface area contributed by atoms with Gasteiger partial charge in [0.2, 0.25) is 0 Å². The Morgan fingerprint density at radius 2 is 1.82 bits per heavy atom. The quantitative estimate of drug-likeness (QED) is 0.605. The molecule has 5 heteroatoms. The van der Waals surface area contributed by atoms with E-state index in [4.69, 9.17) is 0 Å². The first-order valence-electron chi connectivity index (χ1n) is 6.87. The Bertz CT molecular complexity index is 918. The van der Waals surface area contributed by atoms with Crippen LogP contribution in [0, 0.1) is 0 Å². The Morgan fingerprint density at radius 1 is 0.909 bits per heavy atom. The van der Waals surface area contributed by atoms with Crippen LogP contribution in [0.4, 0.5) is 10.8 Å². The lowest BCUT2D eigenvalue weighted by Crippen LogP contribution is -1.91. The number of nitrogens with zero attached hydrogens (tertiary/aromatic N) is 3. The molecule has 0 aliphatic rings. The first-order valence-corrected chi connectivity index (χ1v) is 7.75. The second-order valence-corrected chi connectivity index (χ2v) is 5.65. The number of thiazole rings is 1. The minimum Gasteiger partial charge on any atom is -0.330 e. The highest BCUT2D eigenvalue weighted by Gasteiger charge is 2.06. The molecule has 3 aromatic heterocycles. The van der Waals surface area contributed by atoms with Gasteiger partial charge in [-0.05, 0) is 24.3 Å². The number of aromatic nitrogens is 3. The van der Waals surface area contributed by atoms with Crippen molar-refractivity contribution in [1.82, 2.24) is 15.0 Å². The van der Waals surface area contributed by atoms with Gasteiger partial charge >= 0.3 is 0 Å². The molecule has 0 unspecified atom stereocenters. The van der Waals surface area contributed by atoms with Gasteiger partial charge in [0.1, 0.15) is 5.69 Å². The monoisotopic (exact) mass is 304 g/mol. The Balaban J connectivity index is 1.61. The van der Waals surface area contributed by atoms with Gasteiger partial charge in [-0.15, -0.1) is 11.3 Å². The molecule has 0 bridgehead atoms. The Hall–Kier alpha value is -2.79. The van der Waals surface area contributed by atoms with Gasteiger partial charge < -0.3 is 5.32 Å². The van der Waals surface area contributed by atoms with Crippen molar-refractivity contribution >= 4 is 33.1 Å². The number of hydrogen-bond donors (Lipinski definition) is 1. The Kier molecular flexibility index (Phi) is 3.25. The van der Waals surface area contributed by atoms with Crippen molar-refractivity contribution in [2.75, 3.05) is 5.32 Å². The largest absolute Gasteiger partial charge is 0.330 e. The molecule has 1 N–H and O–H groups in total. The van der Waals surface area contributed by atoms with Gasteiger partial charge in [0.05, 0.1) is 23.1 Å². The van der Waals surface area contributed by atoms with Crippen LogP contribution in [-0.2, 0) is 0 Å². The highest BCUT2D eigenvalue weighted by Crippen LogP contribution is 2.26. The SMILES string of the molecule is c1ccc(-c2csc(Nc3cnc4ccccc4c3)n2)nc1. The predicted molar refractivity (Wildman–Crippen MR) is 90.4 cm³/mol. The van der Waals surface area contributed by atoms with Gasteiger partial charge in [-0.25, -0.2) is 4.98 Å². The Labute approximate surface area is 131 Å². The summed E-state index contributed by atoms with van der Waals surface area (Å²) < 4.78 is 0. The van der Waals surface area contributed by atoms with E-state index in [1.165, 1.54) is 0 Å². The molecule has 0 saturated heterocycles. The summed E-state index contributed by atoms with van der Waals surface area (Å²) in [7, 11) is 0. The van der Waals surface area contributed by atoms with E-state index in [0.717, 1.165) is 33.1 Å². The van der Waals surface area contributed by atoms with E-state index in [9.17, 15) is 0 Å². The van der Waals surface area contributed by atoms with Crippen LogP contribution in [-0.4, -0.2) is 15.0 Å². The molecule has 0 saturated carbocycles. The normalized spacial score (nSPS) is 10.7. The van der Waals surface area contributed by atoms with Crippen LogP contribution in [0.15, 0.2) is 66.3 Å². The summed E-state index contributed by atoms with van der Waals surface area (Å²) in [4.78, 5) is 13.3. The molecule has 0 radical (unpaired) electrons. The molecule has 22 heavy (non-hydrogen) atoms. The second kappa shape index (κ2) is 5.54. The number of benzene rings is 1. The number of para-hydroxylation sites is 1. The molecule has 0 aliphatic carbocycles. The van der Waals surface area contributed by atoms with E-state index in [1.807, 2.05) is 48.0 Å². The molecule has 106 valence electrons. The number of anilines is 2. The summed E-state index contributed by atoms with van der Waals surface area (Å²) in [6.45, 7) is 0. The van der Waals surface area contributed by atoms with E-state index in [-0.39, 0.29) is 0 Å². The summed E-state index contributed by atoms with van der Waals surface area (Å²) in [6, 6.07) is 15.9. The minimum atomic E-state index is 0.831. The third-order valence-corrected chi connectivity index (χ3v) is 4.03. The van der Waals surface area contributed by atoms with E-state index in [2.05, 4.69) is 32.4 Å². The highest BCUT2D eigenvalue weighted by molar-refractivity contribution is 7.14. The molecule has 0 amide bonds. The van der Waals surface area contributed by atoms with Crippen molar-refractivity contribution in [3.63, 3.8) is 0 Å².